The molecule has 1 aliphatic heterocycles. The van der Waals surface area contributed by atoms with Crippen molar-refractivity contribution in [3.05, 3.63) is 197 Å². The second-order valence-electron chi connectivity index (χ2n) is 13.4. The molecule has 3 aromatic heterocycles. The first-order valence-corrected chi connectivity index (χ1v) is 18.1. The highest BCUT2D eigenvalue weighted by molar-refractivity contribution is 7.99. The molecule has 11 rings (SSSR count). The average molecular weight is 668 g/mol. The van der Waals surface area contributed by atoms with Gasteiger partial charge in [0.15, 0.2) is 0 Å². The highest BCUT2D eigenvalue weighted by atomic mass is 32.2. The summed E-state index contributed by atoms with van der Waals surface area (Å²) in [4.78, 5) is 12.2. The van der Waals surface area contributed by atoms with E-state index in [1.165, 1.54) is 59.5 Å². The van der Waals surface area contributed by atoms with Crippen LogP contribution in [0.2, 0.25) is 0 Å². The summed E-state index contributed by atoms with van der Waals surface area (Å²) < 4.78 is 2.22. The largest absolute Gasteiger partial charge is 0.292 e. The minimum atomic E-state index is -0.534. The van der Waals surface area contributed by atoms with Gasteiger partial charge >= 0.3 is 0 Å². The number of fused-ring (bicyclic) bond motifs is 13. The van der Waals surface area contributed by atoms with Crippen molar-refractivity contribution in [2.45, 2.75) is 15.2 Å². The molecule has 1 atom stereocenters. The van der Waals surface area contributed by atoms with Gasteiger partial charge in [0.1, 0.15) is 5.82 Å². The molecule has 0 N–H and O–H groups in total. The van der Waals surface area contributed by atoms with Crippen LogP contribution in [0.3, 0.4) is 0 Å². The van der Waals surface area contributed by atoms with E-state index >= 15 is 0 Å². The summed E-state index contributed by atoms with van der Waals surface area (Å²) in [5.74, 6) is 0.885. The van der Waals surface area contributed by atoms with Crippen molar-refractivity contribution in [1.82, 2.24) is 14.5 Å². The van der Waals surface area contributed by atoms with Gasteiger partial charge in [-0.3, -0.25) is 9.55 Å². The first kappa shape index (κ1) is 28.6. The number of rotatable bonds is 2. The molecule has 0 saturated carbocycles. The fourth-order valence-corrected chi connectivity index (χ4v) is 9.94. The Bertz CT molecular complexity index is 2900. The van der Waals surface area contributed by atoms with Crippen molar-refractivity contribution in [3.8, 4) is 16.9 Å². The molecule has 238 valence electrons. The first-order chi connectivity index (χ1) is 25.3. The van der Waals surface area contributed by atoms with Crippen LogP contribution in [-0.4, -0.2) is 14.5 Å². The standard InChI is InChI=1S/C47H29N3S/c1-3-12-35-30(10-1)22-24-39-46(35)51-43-16-6-5-14-38(43)47(39)37-13-4-2-11-31(37)18-19-32-20-21-34(29-40(32)47)33-23-25-41-36(28-33)45-42(15-9-27-49-45)50(41)44-17-7-8-26-48-44/h1-29H. The fourth-order valence-electron chi connectivity index (χ4n) is 8.61. The molecule has 1 aliphatic carbocycles. The minimum Gasteiger partial charge on any atom is -0.292 e. The third-order valence-electron chi connectivity index (χ3n) is 10.8. The monoisotopic (exact) mass is 667 g/mol. The van der Waals surface area contributed by atoms with Crippen molar-refractivity contribution in [2.24, 2.45) is 0 Å². The van der Waals surface area contributed by atoms with Gasteiger partial charge in [-0.2, -0.15) is 0 Å². The van der Waals surface area contributed by atoms with E-state index in [1.54, 1.807) is 0 Å². The lowest BCUT2D eigenvalue weighted by molar-refractivity contribution is 0.704. The fraction of sp³-hybridized carbons (Fsp3) is 0.0213. The van der Waals surface area contributed by atoms with Crippen molar-refractivity contribution < 1.29 is 0 Å². The predicted octanol–water partition coefficient (Wildman–Crippen LogP) is 11.7. The van der Waals surface area contributed by atoms with E-state index in [0.29, 0.717) is 0 Å². The van der Waals surface area contributed by atoms with E-state index in [2.05, 4.69) is 150 Å². The maximum Gasteiger partial charge on any atom is 0.137 e. The molecule has 6 aromatic carbocycles. The summed E-state index contributed by atoms with van der Waals surface area (Å²) >= 11 is 1.90. The summed E-state index contributed by atoms with van der Waals surface area (Å²) in [6.45, 7) is 0. The highest BCUT2D eigenvalue weighted by Crippen LogP contribution is 2.59. The Balaban J connectivity index is 1.21. The quantitative estimate of drug-likeness (QED) is 0.184. The second kappa shape index (κ2) is 10.9. The first-order valence-electron chi connectivity index (χ1n) is 17.3. The van der Waals surface area contributed by atoms with E-state index < -0.39 is 5.41 Å². The summed E-state index contributed by atoms with van der Waals surface area (Å²) in [5.41, 5.74) is 12.6. The van der Waals surface area contributed by atoms with Crippen LogP contribution < -0.4 is 0 Å². The SMILES string of the molecule is C1=Cc2ccc(-c3ccc4c(c3)c3ncccc3n4-c3ccccn3)cc2C2(c3ccccc31)c1ccccc1Sc1c2ccc2ccccc12. The highest BCUT2D eigenvalue weighted by Gasteiger charge is 2.47. The normalized spacial score (nSPS) is 15.8. The molecular formula is C47H29N3S. The maximum absolute atomic E-state index is 4.88. The Kier molecular flexibility index (Phi) is 6.10. The zero-order chi connectivity index (χ0) is 33.5. The smallest absolute Gasteiger partial charge is 0.137 e. The lowest BCUT2D eigenvalue weighted by Gasteiger charge is -2.43. The van der Waals surface area contributed by atoms with Crippen LogP contribution in [-0.2, 0) is 5.41 Å². The molecule has 0 saturated heterocycles. The van der Waals surface area contributed by atoms with Crippen molar-refractivity contribution in [3.63, 3.8) is 0 Å². The lowest BCUT2D eigenvalue weighted by atomic mass is 9.63. The average Bonchev–Trinajstić information content (AvgIpc) is 3.45. The molecule has 9 aromatic rings. The van der Waals surface area contributed by atoms with Crippen molar-refractivity contribution in [2.75, 3.05) is 0 Å². The Labute approximate surface area is 299 Å². The molecule has 51 heavy (non-hydrogen) atoms. The van der Waals surface area contributed by atoms with E-state index in [9.17, 15) is 0 Å². The van der Waals surface area contributed by atoms with Crippen LogP contribution in [0.15, 0.2) is 174 Å². The molecular weight excluding hydrogens is 639 g/mol. The molecule has 0 radical (unpaired) electrons. The molecule has 3 nitrogen and oxygen atoms in total. The van der Waals surface area contributed by atoms with Crippen LogP contribution in [0.4, 0.5) is 0 Å². The number of hydrogen-bond acceptors (Lipinski definition) is 3. The Morgan fingerprint density at radius 1 is 0.490 bits per heavy atom. The number of nitrogens with zero attached hydrogens (tertiary/aromatic N) is 3. The number of pyridine rings is 2. The maximum atomic E-state index is 4.88. The third kappa shape index (κ3) is 4.02. The topological polar surface area (TPSA) is 30.7 Å². The lowest BCUT2D eigenvalue weighted by Crippen LogP contribution is -2.35. The zero-order valence-electron chi connectivity index (χ0n) is 27.5. The number of hydrogen-bond donors (Lipinski definition) is 0. The van der Waals surface area contributed by atoms with E-state index in [1.807, 2.05) is 42.4 Å². The second-order valence-corrected chi connectivity index (χ2v) is 14.4. The van der Waals surface area contributed by atoms with Crippen molar-refractivity contribution >= 4 is 56.6 Å². The van der Waals surface area contributed by atoms with E-state index in [4.69, 9.17) is 9.97 Å². The van der Waals surface area contributed by atoms with Gasteiger partial charge < -0.3 is 0 Å². The van der Waals surface area contributed by atoms with Gasteiger partial charge in [0, 0.05) is 27.6 Å². The van der Waals surface area contributed by atoms with Crippen molar-refractivity contribution in [1.29, 1.82) is 0 Å². The zero-order valence-corrected chi connectivity index (χ0v) is 28.3. The molecule has 2 aliphatic rings. The summed E-state index contributed by atoms with van der Waals surface area (Å²) in [6, 6.07) is 55.6. The van der Waals surface area contributed by atoms with Gasteiger partial charge in [0.05, 0.1) is 22.0 Å². The Morgan fingerprint density at radius 3 is 2.18 bits per heavy atom. The van der Waals surface area contributed by atoms with Crippen LogP contribution >= 0.6 is 11.8 Å². The third-order valence-corrected chi connectivity index (χ3v) is 12.0. The molecule has 4 heterocycles. The van der Waals surface area contributed by atoms with Gasteiger partial charge in [-0.1, -0.05) is 127 Å². The van der Waals surface area contributed by atoms with Crippen LogP contribution in [0.5, 0.6) is 0 Å². The van der Waals surface area contributed by atoms with Gasteiger partial charge in [-0.25, -0.2) is 4.98 Å². The molecule has 0 amide bonds. The summed E-state index contributed by atoms with van der Waals surface area (Å²) in [7, 11) is 0. The molecule has 0 bridgehead atoms. The Morgan fingerprint density at radius 2 is 1.25 bits per heavy atom. The predicted molar refractivity (Wildman–Crippen MR) is 211 cm³/mol. The van der Waals surface area contributed by atoms with Gasteiger partial charge in [0.2, 0.25) is 0 Å². The molecule has 1 spiro atoms. The van der Waals surface area contributed by atoms with Gasteiger partial charge in [-0.05, 0) is 104 Å². The summed E-state index contributed by atoms with van der Waals surface area (Å²) in [6.07, 6.45) is 8.34. The van der Waals surface area contributed by atoms with Gasteiger partial charge in [-0.15, -0.1) is 0 Å². The van der Waals surface area contributed by atoms with Crippen LogP contribution in [0.1, 0.15) is 33.4 Å². The molecule has 1 unspecified atom stereocenters. The molecule has 4 heteroatoms. The number of aromatic nitrogens is 3. The summed E-state index contributed by atoms with van der Waals surface area (Å²) in [5, 5.41) is 3.67. The van der Waals surface area contributed by atoms with Crippen LogP contribution in [0.25, 0.3) is 61.8 Å². The Hall–Kier alpha value is -6.23. The number of benzene rings is 6. The minimum absolute atomic E-state index is 0.534. The molecule has 0 fully saturated rings. The van der Waals surface area contributed by atoms with Gasteiger partial charge in [0.25, 0.3) is 0 Å². The van der Waals surface area contributed by atoms with E-state index in [-0.39, 0.29) is 0 Å². The van der Waals surface area contributed by atoms with E-state index in [0.717, 1.165) is 33.3 Å². The van der Waals surface area contributed by atoms with Crippen LogP contribution in [0, 0.1) is 0 Å².